The Morgan fingerprint density at radius 1 is 1.36 bits per heavy atom. The van der Waals surface area contributed by atoms with Crippen LogP contribution >= 0.6 is 22.9 Å². The number of carbonyl (C=O) groups is 1. The normalized spacial score (nSPS) is 15.4. The van der Waals surface area contributed by atoms with Gasteiger partial charge < -0.3 is 9.80 Å². The smallest absolute Gasteiger partial charge is 0.281 e. The third kappa shape index (κ3) is 4.68. The molecule has 1 aromatic carbocycles. The average Bonchev–Trinajstić information content (AvgIpc) is 3.05. The van der Waals surface area contributed by atoms with Crippen LogP contribution in [0, 0.1) is 6.92 Å². The van der Waals surface area contributed by atoms with Crippen LogP contribution in [-0.2, 0) is 11.2 Å². The summed E-state index contributed by atoms with van der Waals surface area (Å²) in [5.41, 5.74) is 2.42. The molecular formula is C17H23ClN5OS+. The SMILES string of the molecule is CCc1nnc(NC(=O)C[NH+]2CCN(c3cc(Cl)ccc3C)CC2)s1. The molecule has 2 heterocycles. The second-order valence-electron chi connectivity index (χ2n) is 6.25. The zero-order chi connectivity index (χ0) is 17.8. The maximum absolute atomic E-state index is 12.2. The summed E-state index contributed by atoms with van der Waals surface area (Å²) in [6, 6.07) is 6.00. The molecule has 2 aromatic rings. The monoisotopic (exact) mass is 380 g/mol. The maximum atomic E-state index is 12.2. The Labute approximate surface area is 156 Å². The zero-order valence-corrected chi connectivity index (χ0v) is 16.1. The molecule has 3 rings (SSSR count). The third-order valence-electron chi connectivity index (χ3n) is 4.41. The van der Waals surface area contributed by atoms with Crippen LogP contribution in [0.1, 0.15) is 17.5 Å². The molecular weight excluding hydrogens is 358 g/mol. The number of aryl methyl sites for hydroxylation is 2. The van der Waals surface area contributed by atoms with Crippen molar-refractivity contribution in [1.29, 1.82) is 0 Å². The molecule has 6 nitrogen and oxygen atoms in total. The number of hydrogen-bond donors (Lipinski definition) is 2. The third-order valence-corrected chi connectivity index (χ3v) is 5.63. The van der Waals surface area contributed by atoms with Gasteiger partial charge >= 0.3 is 0 Å². The highest BCUT2D eigenvalue weighted by Gasteiger charge is 2.23. The zero-order valence-electron chi connectivity index (χ0n) is 14.5. The van der Waals surface area contributed by atoms with Crippen molar-refractivity contribution in [1.82, 2.24) is 10.2 Å². The van der Waals surface area contributed by atoms with Gasteiger partial charge in [0.15, 0.2) is 6.54 Å². The van der Waals surface area contributed by atoms with Gasteiger partial charge in [-0.25, -0.2) is 0 Å². The molecule has 1 aliphatic heterocycles. The van der Waals surface area contributed by atoms with Gasteiger partial charge in [0.05, 0.1) is 26.2 Å². The van der Waals surface area contributed by atoms with Crippen LogP contribution in [0.3, 0.4) is 0 Å². The van der Waals surface area contributed by atoms with Gasteiger partial charge in [0.25, 0.3) is 5.91 Å². The second kappa shape index (κ2) is 8.12. The van der Waals surface area contributed by atoms with Crippen LogP contribution in [0.4, 0.5) is 10.8 Å². The fourth-order valence-electron chi connectivity index (χ4n) is 3.00. The molecule has 25 heavy (non-hydrogen) atoms. The van der Waals surface area contributed by atoms with Gasteiger partial charge in [-0.05, 0) is 31.0 Å². The fraction of sp³-hybridized carbons (Fsp3) is 0.471. The summed E-state index contributed by atoms with van der Waals surface area (Å²) in [6.07, 6.45) is 0.837. The second-order valence-corrected chi connectivity index (χ2v) is 7.75. The predicted molar refractivity (Wildman–Crippen MR) is 102 cm³/mol. The molecule has 0 saturated carbocycles. The molecule has 1 saturated heterocycles. The fourth-order valence-corrected chi connectivity index (χ4v) is 3.86. The topological polar surface area (TPSA) is 62.6 Å². The van der Waals surface area contributed by atoms with Crippen LogP contribution < -0.4 is 15.1 Å². The van der Waals surface area contributed by atoms with Gasteiger partial charge in [0.2, 0.25) is 5.13 Å². The van der Waals surface area contributed by atoms with E-state index >= 15 is 0 Å². The van der Waals surface area contributed by atoms with E-state index in [9.17, 15) is 4.79 Å². The van der Waals surface area contributed by atoms with E-state index in [1.165, 1.54) is 27.5 Å². The first-order valence-electron chi connectivity index (χ1n) is 8.52. The lowest BCUT2D eigenvalue weighted by Crippen LogP contribution is -3.15. The molecule has 8 heteroatoms. The molecule has 1 aromatic heterocycles. The summed E-state index contributed by atoms with van der Waals surface area (Å²) in [4.78, 5) is 15.8. The van der Waals surface area contributed by atoms with Gasteiger partial charge in [0, 0.05) is 10.7 Å². The van der Waals surface area contributed by atoms with Crippen LogP contribution in [0.25, 0.3) is 0 Å². The molecule has 0 aliphatic carbocycles. The molecule has 134 valence electrons. The average molecular weight is 381 g/mol. The van der Waals surface area contributed by atoms with Gasteiger partial charge in [-0.2, -0.15) is 0 Å². The molecule has 1 amide bonds. The van der Waals surface area contributed by atoms with Crippen molar-refractivity contribution in [3.05, 3.63) is 33.8 Å². The van der Waals surface area contributed by atoms with Crippen molar-refractivity contribution in [2.45, 2.75) is 20.3 Å². The number of halogens is 1. The molecule has 0 spiro atoms. The summed E-state index contributed by atoms with van der Waals surface area (Å²) >= 11 is 7.57. The highest BCUT2D eigenvalue weighted by atomic mass is 35.5. The Balaban J connectivity index is 1.50. The van der Waals surface area contributed by atoms with E-state index in [0.717, 1.165) is 42.6 Å². The molecule has 1 fully saturated rings. The Bertz CT molecular complexity index is 742. The summed E-state index contributed by atoms with van der Waals surface area (Å²) in [5, 5.41) is 13.2. The van der Waals surface area contributed by atoms with E-state index in [-0.39, 0.29) is 5.91 Å². The van der Waals surface area contributed by atoms with Crippen molar-refractivity contribution in [3.63, 3.8) is 0 Å². The molecule has 0 bridgehead atoms. The largest absolute Gasteiger partial charge is 0.360 e. The quantitative estimate of drug-likeness (QED) is 0.823. The van der Waals surface area contributed by atoms with E-state index in [0.29, 0.717) is 11.7 Å². The number of quaternary nitrogens is 1. The first-order valence-corrected chi connectivity index (χ1v) is 9.71. The molecule has 0 radical (unpaired) electrons. The molecule has 1 aliphatic rings. The summed E-state index contributed by atoms with van der Waals surface area (Å²) in [7, 11) is 0. The van der Waals surface area contributed by atoms with Gasteiger partial charge in [-0.1, -0.05) is 35.9 Å². The van der Waals surface area contributed by atoms with E-state index in [2.05, 4.69) is 33.4 Å². The Morgan fingerprint density at radius 3 is 2.80 bits per heavy atom. The summed E-state index contributed by atoms with van der Waals surface area (Å²) in [5.74, 6) is 0.00110. The van der Waals surface area contributed by atoms with E-state index in [1.54, 1.807) is 0 Å². The lowest BCUT2D eigenvalue weighted by molar-refractivity contribution is -0.892. The van der Waals surface area contributed by atoms with Crippen molar-refractivity contribution < 1.29 is 9.69 Å². The van der Waals surface area contributed by atoms with Crippen molar-refractivity contribution >= 4 is 39.7 Å². The molecule has 0 unspecified atom stereocenters. The highest BCUT2D eigenvalue weighted by molar-refractivity contribution is 7.15. The number of amides is 1. The standard InChI is InChI=1S/C17H22ClN5OS/c1-3-16-20-21-17(25-16)19-15(24)11-22-6-8-23(9-7-22)14-10-13(18)5-4-12(14)2/h4-5,10H,3,6-9,11H2,1-2H3,(H,19,21,24)/p+1. The van der Waals surface area contributed by atoms with Crippen molar-refractivity contribution in [3.8, 4) is 0 Å². The number of nitrogens with one attached hydrogen (secondary N) is 2. The molecule has 2 N–H and O–H groups in total. The lowest BCUT2D eigenvalue weighted by atomic mass is 10.1. The van der Waals surface area contributed by atoms with Crippen LogP contribution in [0.2, 0.25) is 5.02 Å². The number of piperazine rings is 1. The number of benzene rings is 1. The van der Waals surface area contributed by atoms with E-state index in [1.807, 2.05) is 19.1 Å². The number of hydrogen-bond acceptors (Lipinski definition) is 5. The van der Waals surface area contributed by atoms with Crippen LogP contribution in [-0.4, -0.2) is 48.8 Å². The number of rotatable bonds is 5. The Kier molecular flexibility index (Phi) is 5.88. The summed E-state index contributed by atoms with van der Waals surface area (Å²) < 4.78 is 0. The predicted octanol–water partition coefficient (Wildman–Crippen LogP) is 1.41. The van der Waals surface area contributed by atoms with Crippen LogP contribution in [0.5, 0.6) is 0 Å². The first-order chi connectivity index (χ1) is 12.0. The number of carbonyl (C=O) groups excluding carboxylic acids is 1. The first kappa shape index (κ1) is 18.1. The number of anilines is 2. The van der Waals surface area contributed by atoms with Crippen LogP contribution in [0.15, 0.2) is 18.2 Å². The maximum Gasteiger partial charge on any atom is 0.281 e. The van der Waals surface area contributed by atoms with Gasteiger partial charge in [-0.15, -0.1) is 10.2 Å². The number of nitrogens with zero attached hydrogens (tertiary/aromatic N) is 3. The van der Waals surface area contributed by atoms with Crippen molar-refractivity contribution in [2.24, 2.45) is 0 Å². The minimum Gasteiger partial charge on any atom is -0.360 e. The Morgan fingerprint density at radius 2 is 2.12 bits per heavy atom. The van der Waals surface area contributed by atoms with E-state index in [4.69, 9.17) is 11.6 Å². The molecule has 0 atom stereocenters. The lowest BCUT2D eigenvalue weighted by Gasteiger charge is -2.34. The van der Waals surface area contributed by atoms with Crippen molar-refractivity contribution in [2.75, 3.05) is 42.9 Å². The van der Waals surface area contributed by atoms with Gasteiger partial charge in [-0.3, -0.25) is 10.1 Å². The summed E-state index contributed by atoms with van der Waals surface area (Å²) in [6.45, 7) is 8.28. The van der Waals surface area contributed by atoms with Gasteiger partial charge in [0.1, 0.15) is 5.01 Å². The Hall–Kier alpha value is -1.70. The minimum atomic E-state index is 0.00110. The minimum absolute atomic E-state index is 0.00110. The highest BCUT2D eigenvalue weighted by Crippen LogP contribution is 2.24. The van der Waals surface area contributed by atoms with E-state index < -0.39 is 0 Å². The number of aromatic nitrogens is 2.